The van der Waals surface area contributed by atoms with Crippen LogP contribution in [0.5, 0.6) is 11.5 Å². The van der Waals surface area contributed by atoms with E-state index < -0.39 is 57.2 Å². The van der Waals surface area contributed by atoms with Gasteiger partial charge < -0.3 is 34.7 Å². The number of oxime groups is 1. The van der Waals surface area contributed by atoms with Gasteiger partial charge in [-0.15, -0.1) is 3.89 Å². The number of benzene rings is 2. The van der Waals surface area contributed by atoms with E-state index in [2.05, 4.69) is 5.16 Å². The van der Waals surface area contributed by atoms with Crippen LogP contribution >= 0.6 is 0 Å². The SMILES string of the molecule is Cc1cc(OCCCON=C(N)N)cc(OS(=O)(=O)c2ccccc2S(=O)(=O)[N+](C)(CCC2=CCN(C(=O)OC(C)(C)C)C=C2)C(=O)OC(C)(C)C)c1. The van der Waals surface area contributed by atoms with Crippen molar-refractivity contribution in [1.82, 2.24) is 4.90 Å². The van der Waals surface area contributed by atoms with Crippen molar-refractivity contribution >= 4 is 38.3 Å². The van der Waals surface area contributed by atoms with Gasteiger partial charge in [-0.25, -0.2) is 4.79 Å². The Morgan fingerprint density at radius 3 is 2.11 bits per heavy atom. The largest absolute Gasteiger partial charge is 0.532 e. The summed E-state index contributed by atoms with van der Waals surface area (Å²) in [5.41, 5.74) is 9.88. The first-order valence-corrected chi connectivity index (χ1v) is 19.5. The molecule has 1 aliphatic heterocycles. The Labute approximate surface area is 311 Å². The Morgan fingerprint density at radius 1 is 0.906 bits per heavy atom. The molecule has 2 amide bonds. The highest BCUT2D eigenvalue weighted by Crippen LogP contribution is 2.34. The summed E-state index contributed by atoms with van der Waals surface area (Å²) in [7, 11) is -8.52. The summed E-state index contributed by atoms with van der Waals surface area (Å²) in [6.45, 7) is 11.9. The van der Waals surface area contributed by atoms with Gasteiger partial charge in [0.15, 0.2) is 0 Å². The molecule has 0 aromatic heterocycles. The van der Waals surface area contributed by atoms with Crippen molar-refractivity contribution < 1.29 is 53.5 Å². The van der Waals surface area contributed by atoms with Crippen LogP contribution in [0.25, 0.3) is 0 Å². The highest BCUT2D eigenvalue weighted by molar-refractivity contribution is 7.90. The van der Waals surface area contributed by atoms with E-state index in [9.17, 15) is 26.4 Å². The molecule has 2 aromatic carbocycles. The molecule has 1 unspecified atom stereocenters. The number of guanidine groups is 1. The molecule has 0 saturated carbocycles. The molecule has 0 saturated heterocycles. The summed E-state index contributed by atoms with van der Waals surface area (Å²) in [4.78, 5) is 31.2. The predicted molar refractivity (Wildman–Crippen MR) is 197 cm³/mol. The van der Waals surface area contributed by atoms with Gasteiger partial charge in [-0.3, -0.25) is 4.90 Å². The van der Waals surface area contributed by atoms with Gasteiger partial charge in [0, 0.05) is 31.7 Å². The maximum Gasteiger partial charge on any atom is 0.532 e. The molecule has 2 aromatic rings. The first-order valence-electron chi connectivity index (χ1n) is 16.6. The zero-order valence-electron chi connectivity index (χ0n) is 31.3. The van der Waals surface area contributed by atoms with Crippen LogP contribution in [0.1, 0.15) is 59.9 Å². The number of nitrogens with zero attached hydrogens (tertiary/aromatic N) is 3. The topological polar surface area (TPSA) is 216 Å². The van der Waals surface area contributed by atoms with E-state index in [4.69, 9.17) is 34.7 Å². The zero-order valence-corrected chi connectivity index (χ0v) is 33.0. The van der Waals surface area contributed by atoms with Gasteiger partial charge in [-0.1, -0.05) is 18.2 Å². The maximum absolute atomic E-state index is 14.6. The number of hydrogen-bond acceptors (Lipinski definition) is 12. The Morgan fingerprint density at radius 2 is 1.53 bits per heavy atom. The summed E-state index contributed by atoms with van der Waals surface area (Å²) < 4.78 is 77.6. The third-order valence-corrected chi connectivity index (χ3v) is 11.0. The lowest BCUT2D eigenvalue weighted by atomic mass is 10.1. The molecular formula is C35H50N5O11S2+. The molecule has 1 aliphatic rings. The van der Waals surface area contributed by atoms with Crippen LogP contribution < -0.4 is 20.4 Å². The van der Waals surface area contributed by atoms with Gasteiger partial charge in [0.2, 0.25) is 5.96 Å². The smallest absolute Gasteiger partial charge is 0.493 e. The van der Waals surface area contributed by atoms with Gasteiger partial charge in [-0.2, -0.15) is 21.6 Å². The number of nitrogens with two attached hydrogens (primary N) is 2. The number of aryl methyl sites for hydroxylation is 1. The van der Waals surface area contributed by atoms with E-state index in [0.717, 1.165) is 19.2 Å². The summed E-state index contributed by atoms with van der Waals surface area (Å²) >= 11 is 0. The van der Waals surface area contributed by atoms with Crippen LogP contribution in [0.4, 0.5) is 9.59 Å². The summed E-state index contributed by atoms with van der Waals surface area (Å²) in [6.07, 6.45) is 3.62. The summed E-state index contributed by atoms with van der Waals surface area (Å²) in [5.74, 6) is -0.0725. The van der Waals surface area contributed by atoms with Crippen LogP contribution in [-0.2, 0) is 34.5 Å². The average molecular weight is 781 g/mol. The number of amides is 2. The lowest BCUT2D eigenvalue weighted by Crippen LogP contribution is -2.56. The number of hydrogen-bond donors (Lipinski definition) is 2. The minimum Gasteiger partial charge on any atom is -0.493 e. The van der Waals surface area contributed by atoms with Gasteiger partial charge in [0.05, 0.1) is 13.7 Å². The molecular weight excluding hydrogens is 731 g/mol. The molecule has 3 rings (SSSR count). The molecule has 0 aliphatic carbocycles. The number of sulfonamides is 1. The fourth-order valence-corrected chi connectivity index (χ4v) is 7.91. The minimum absolute atomic E-state index is 0.0472. The molecule has 0 bridgehead atoms. The van der Waals surface area contributed by atoms with Gasteiger partial charge in [0.1, 0.15) is 45.6 Å². The van der Waals surface area contributed by atoms with E-state index in [1.54, 1.807) is 66.7 Å². The lowest BCUT2D eigenvalue weighted by molar-refractivity contribution is -0.709. The second kappa shape index (κ2) is 16.9. The Hall–Kier alpha value is -4.81. The lowest BCUT2D eigenvalue weighted by Gasteiger charge is -2.32. The van der Waals surface area contributed by atoms with E-state index in [1.807, 2.05) is 0 Å². The Balaban J connectivity index is 1.91. The molecule has 292 valence electrons. The van der Waals surface area contributed by atoms with Crippen molar-refractivity contribution in [3.05, 3.63) is 72.0 Å². The summed E-state index contributed by atoms with van der Waals surface area (Å²) in [6, 6.07) is 9.32. The van der Waals surface area contributed by atoms with Crippen molar-refractivity contribution in [2.45, 2.75) is 82.3 Å². The fraction of sp³-hybridized carbons (Fsp3) is 0.457. The number of carbonyl (C=O) groups excluding carboxylic acids is 2. The number of rotatable bonds is 14. The molecule has 1 heterocycles. The van der Waals surface area contributed by atoms with Crippen molar-refractivity contribution in [1.29, 1.82) is 0 Å². The molecule has 18 heteroatoms. The van der Waals surface area contributed by atoms with Crippen LogP contribution in [-0.4, -0.2) is 88.3 Å². The van der Waals surface area contributed by atoms with Gasteiger partial charge >= 0.3 is 32.3 Å². The molecule has 1 atom stereocenters. The standard InChI is InChI=1S/C35H50N5O11S2/c1-25-22-27(47-20-11-21-48-38-31(36)37)24-28(23-25)51-53(45,46)30-13-10-9-12-29(30)52(43,44)40(8,33(42)50-35(5,6)7)19-16-26-14-17-39(18-15-26)32(41)49-34(2,3)4/h9-10,12-15,17,22-24H,11,16,18-21H2,1-8H3,(H4,36,37,38)/q+1. The van der Waals surface area contributed by atoms with E-state index in [0.29, 0.717) is 17.6 Å². The Kier molecular flexibility index (Phi) is 13.6. The zero-order chi connectivity index (χ0) is 39.8. The van der Waals surface area contributed by atoms with Gasteiger partial charge in [-0.05, 0) is 95.1 Å². The molecule has 4 N–H and O–H groups in total. The molecule has 0 fully saturated rings. The molecule has 53 heavy (non-hydrogen) atoms. The maximum atomic E-state index is 14.6. The molecule has 0 radical (unpaired) electrons. The van der Waals surface area contributed by atoms with Crippen molar-refractivity contribution in [3.63, 3.8) is 0 Å². The fourth-order valence-electron chi connectivity index (χ4n) is 4.72. The third-order valence-electron chi connectivity index (χ3n) is 7.23. The Bertz CT molecular complexity index is 1960. The molecule has 16 nitrogen and oxygen atoms in total. The predicted octanol–water partition coefficient (Wildman–Crippen LogP) is 4.89. The van der Waals surface area contributed by atoms with Crippen LogP contribution in [0.15, 0.2) is 81.3 Å². The van der Waals surface area contributed by atoms with E-state index in [1.165, 1.54) is 35.4 Å². The second-order valence-corrected chi connectivity index (χ2v) is 18.0. The third kappa shape index (κ3) is 12.1. The van der Waals surface area contributed by atoms with Crippen molar-refractivity contribution in [3.8, 4) is 11.5 Å². The normalized spacial score (nSPS) is 14.7. The number of quaternary nitrogens is 1. The monoisotopic (exact) mass is 780 g/mol. The number of allylic oxidation sites excluding steroid dienone is 1. The van der Waals surface area contributed by atoms with Crippen molar-refractivity contribution in [2.24, 2.45) is 16.6 Å². The second-order valence-electron chi connectivity index (χ2n) is 14.3. The van der Waals surface area contributed by atoms with Crippen LogP contribution in [0, 0.1) is 6.92 Å². The first kappa shape index (κ1) is 42.6. The van der Waals surface area contributed by atoms with Crippen LogP contribution in [0.3, 0.4) is 0 Å². The van der Waals surface area contributed by atoms with Crippen molar-refractivity contribution in [2.75, 3.05) is 33.4 Å². The average Bonchev–Trinajstić information content (AvgIpc) is 3.03. The van der Waals surface area contributed by atoms with E-state index in [-0.39, 0.29) is 50.2 Å². The van der Waals surface area contributed by atoms with E-state index >= 15 is 0 Å². The van der Waals surface area contributed by atoms with Gasteiger partial charge in [0.25, 0.3) is 0 Å². The number of ether oxygens (including phenoxy) is 3. The number of carbonyl (C=O) groups is 2. The highest BCUT2D eigenvalue weighted by Gasteiger charge is 2.51. The highest BCUT2D eigenvalue weighted by atomic mass is 32.2. The quantitative estimate of drug-likeness (QED) is 0.0653. The molecule has 0 spiro atoms. The first-order chi connectivity index (χ1) is 24.4. The summed E-state index contributed by atoms with van der Waals surface area (Å²) in [5, 5.41) is 3.42. The minimum atomic E-state index is -4.86. The van der Waals surface area contributed by atoms with Crippen LogP contribution in [0.2, 0.25) is 0 Å².